The van der Waals surface area contributed by atoms with E-state index in [1.54, 1.807) is 25.4 Å². The average molecular weight is 391 g/mol. The van der Waals surface area contributed by atoms with Crippen LogP contribution in [-0.4, -0.2) is 15.9 Å². The van der Waals surface area contributed by atoms with Gasteiger partial charge in [-0.15, -0.1) is 11.3 Å². The molecule has 1 amide bonds. The van der Waals surface area contributed by atoms with Crippen LogP contribution in [0.4, 0.5) is 16.5 Å². The predicted molar refractivity (Wildman–Crippen MR) is 117 cm³/mol. The van der Waals surface area contributed by atoms with E-state index in [2.05, 4.69) is 20.6 Å². The minimum absolute atomic E-state index is 0.124. The Kier molecular flexibility index (Phi) is 6.34. The molecule has 3 rings (SSSR count). The second-order valence-corrected chi connectivity index (χ2v) is 7.12. The number of thiazole rings is 1. The number of carbonyl (C=O) groups excluding carboxylic acids is 1. The predicted octanol–water partition coefficient (Wildman–Crippen LogP) is 5.72. The molecule has 5 nitrogen and oxygen atoms in total. The van der Waals surface area contributed by atoms with E-state index >= 15 is 0 Å². The molecule has 28 heavy (non-hydrogen) atoms. The zero-order valence-corrected chi connectivity index (χ0v) is 16.9. The average Bonchev–Trinajstić information content (AvgIpc) is 3.18. The third-order valence-corrected chi connectivity index (χ3v) is 4.85. The molecule has 0 saturated carbocycles. The van der Waals surface area contributed by atoms with Crippen molar-refractivity contribution in [3.8, 4) is 11.3 Å². The van der Waals surface area contributed by atoms with Gasteiger partial charge in [-0.05, 0) is 50.6 Å². The van der Waals surface area contributed by atoms with Crippen molar-refractivity contribution in [3.63, 3.8) is 0 Å². The first-order valence-corrected chi connectivity index (χ1v) is 9.79. The summed E-state index contributed by atoms with van der Waals surface area (Å²) in [5, 5.41) is 9.06. The summed E-state index contributed by atoms with van der Waals surface area (Å²) in [5.41, 5.74) is 5.21. The number of aryl methyl sites for hydroxylation is 1. The maximum absolute atomic E-state index is 12.3. The van der Waals surface area contributed by atoms with Crippen LogP contribution in [0.1, 0.15) is 19.4 Å². The lowest BCUT2D eigenvalue weighted by atomic mass is 10.1. The molecule has 1 aromatic carbocycles. The number of allylic oxidation sites excluding steroid dienone is 3. The second kappa shape index (κ2) is 9.10. The Morgan fingerprint density at radius 2 is 2.11 bits per heavy atom. The summed E-state index contributed by atoms with van der Waals surface area (Å²) in [4.78, 5) is 21.1. The molecule has 0 saturated heterocycles. The molecule has 142 valence electrons. The summed E-state index contributed by atoms with van der Waals surface area (Å²) < 4.78 is 0. The number of aromatic nitrogens is 2. The van der Waals surface area contributed by atoms with Crippen LogP contribution in [0.15, 0.2) is 71.9 Å². The van der Waals surface area contributed by atoms with Crippen molar-refractivity contribution in [2.24, 2.45) is 0 Å². The Labute approximate surface area is 168 Å². The van der Waals surface area contributed by atoms with Gasteiger partial charge in [0.25, 0.3) is 5.91 Å². The zero-order valence-electron chi connectivity index (χ0n) is 16.1. The third kappa shape index (κ3) is 4.92. The lowest BCUT2D eigenvalue weighted by Gasteiger charge is -2.11. The van der Waals surface area contributed by atoms with Gasteiger partial charge in [0.05, 0.1) is 5.69 Å². The number of anilines is 3. The van der Waals surface area contributed by atoms with E-state index in [-0.39, 0.29) is 5.91 Å². The summed E-state index contributed by atoms with van der Waals surface area (Å²) in [5.74, 6) is -0.124. The normalized spacial score (nSPS) is 11.6. The van der Waals surface area contributed by atoms with Crippen LogP contribution in [-0.2, 0) is 4.79 Å². The first-order chi connectivity index (χ1) is 13.6. The Morgan fingerprint density at radius 3 is 2.86 bits per heavy atom. The van der Waals surface area contributed by atoms with Gasteiger partial charge in [-0.25, -0.2) is 4.98 Å². The molecule has 6 heteroatoms. The highest BCUT2D eigenvalue weighted by Crippen LogP contribution is 2.29. The Balaban J connectivity index is 1.75. The fourth-order valence-electron chi connectivity index (χ4n) is 2.47. The number of hydrogen-bond donors (Lipinski definition) is 2. The number of benzene rings is 1. The molecular formula is C22H22N4OS. The Hall–Kier alpha value is -3.25. The molecule has 2 N–H and O–H groups in total. The molecule has 0 unspecified atom stereocenters. The topological polar surface area (TPSA) is 66.9 Å². The van der Waals surface area contributed by atoms with Gasteiger partial charge in [-0.2, -0.15) is 0 Å². The van der Waals surface area contributed by atoms with Crippen molar-refractivity contribution in [1.29, 1.82) is 0 Å². The van der Waals surface area contributed by atoms with Crippen LogP contribution in [0.5, 0.6) is 0 Å². The molecule has 2 heterocycles. The highest BCUT2D eigenvalue weighted by Gasteiger charge is 2.09. The molecule has 3 aromatic rings. The lowest BCUT2D eigenvalue weighted by Crippen LogP contribution is -2.12. The van der Waals surface area contributed by atoms with Crippen molar-refractivity contribution < 1.29 is 4.79 Å². The summed E-state index contributed by atoms with van der Waals surface area (Å²) >= 11 is 1.53. The van der Waals surface area contributed by atoms with Crippen molar-refractivity contribution >= 4 is 33.8 Å². The van der Waals surface area contributed by atoms with Gasteiger partial charge in [0, 0.05) is 40.3 Å². The van der Waals surface area contributed by atoms with E-state index in [0.29, 0.717) is 5.57 Å². The minimum Gasteiger partial charge on any atom is -0.331 e. The fraction of sp³-hybridized carbons (Fsp3) is 0.136. The van der Waals surface area contributed by atoms with E-state index in [9.17, 15) is 4.79 Å². The van der Waals surface area contributed by atoms with Crippen LogP contribution >= 0.6 is 11.3 Å². The van der Waals surface area contributed by atoms with Crippen LogP contribution in [0, 0.1) is 6.92 Å². The molecule has 0 aliphatic carbocycles. The number of amides is 1. The Bertz CT molecular complexity index is 1020. The molecular weight excluding hydrogens is 368 g/mol. The van der Waals surface area contributed by atoms with Crippen LogP contribution < -0.4 is 10.6 Å². The summed E-state index contributed by atoms with van der Waals surface area (Å²) in [6.07, 6.45) is 9.06. The van der Waals surface area contributed by atoms with Crippen molar-refractivity contribution in [3.05, 3.63) is 77.5 Å². The van der Waals surface area contributed by atoms with Gasteiger partial charge >= 0.3 is 0 Å². The van der Waals surface area contributed by atoms with Gasteiger partial charge in [0.1, 0.15) is 0 Å². The molecule has 0 bridgehead atoms. The highest BCUT2D eigenvalue weighted by molar-refractivity contribution is 7.14. The minimum atomic E-state index is -0.124. The maximum atomic E-state index is 12.3. The van der Waals surface area contributed by atoms with Gasteiger partial charge in [-0.3, -0.25) is 9.78 Å². The van der Waals surface area contributed by atoms with E-state index < -0.39 is 0 Å². The van der Waals surface area contributed by atoms with Gasteiger partial charge in [0.15, 0.2) is 5.13 Å². The summed E-state index contributed by atoms with van der Waals surface area (Å²) in [6.45, 7) is 5.72. The van der Waals surface area contributed by atoms with Crippen LogP contribution in [0.2, 0.25) is 0 Å². The molecule has 0 spiro atoms. The number of nitrogens with one attached hydrogen (secondary N) is 2. The molecule has 0 atom stereocenters. The lowest BCUT2D eigenvalue weighted by molar-refractivity contribution is -0.112. The molecule has 2 aromatic heterocycles. The number of pyridine rings is 1. The zero-order chi connectivity index (χ0) is 19.9. The van der Waals surface area contributed by atoms with Gasteiger partial charge in [-0.1, -0.05) is 24.3 Å². The maximum Gasteiger partial charge on any atom is 0.251 e. The Morgan fingerprint density at radius 1 is 1.25 bits per heavy atom. The smallest absolute Gasteiger partial charge is 0.251 e. The summed E-state index contributed by atoms with van der Waals surface area (Å²) in [6, 6.07) is 9.66. The standard InChI is InChI=1S/C22H22N4OS/c1-4-5-7-16(3)21(27)24-18-10-9-15(2)19(12-18)25-22-26-20(14-28-22)17-8-6-11-23-13-17/h4-14H,1-3H3,(H,24,27)(H,25,26)/b5-4-,16-7+. The van der Waals surface area contributed by atoms with Gasteiger partial charge in [0.2, 0.25) is 0 Å². The van der Waals surface area contributed by atoms with E-state index in [0.717, 1.165) is 33.3 Å². The largest absolute Gasteiger partial charge is 0.331 e. The van der Waals surface area contributed by atoms with Crippen molar-refractivity contribution in [2.75, 3.05) is 10.6 Å². The van der Waals surface area contributed by atoms with E-state index in [1.165, 1.54) is 11.3 Å². The highest BCUT2D eigenvalue weighted by atomic mass is 32.1. The molecule has 0 radical (unpaired) electrons. The van der Waals surface area contributed by atoms with Crippen molar-refractivity contribution in [2.45, 2.75) is 20.8 Å². The number of nitrogens with zero attached hydrogens (tertiary/aromatic N) is 2. The second-order valence-electron chi connectivity index (χ2n) is 6.26. The van der Waals surface area contributed by atoms with Crippen molar-refractivity contribution in [1.82, 2.24) is 9.97 Å². The first-order valence-electron chi connectivity index (χ1n) is 8.91. The monoisotopic (exact) mass is 390 g/mol. The van der Waals surface area contributed by atoms with Crippen LogP contribution in [0.3, 0.4) is 0 Å². The summed E-state index contributed by atoms with van der Waals surface area (Å²) in [7, 11) is 0. The number of hydrogen-bond acceptors (Lipinski definition) is 5. The SMILES string of the molecule is C/C=C\C=C(/C)C(=O)Nc1ccc(C)c(Nc2nc(-c3cccnc3)cs2)c1. The van der Waals surface area contributed by atoms with E-state index in [1.807, 2.05) is 61.7 Å². The fourth-order valence-corrected chi connectivity index (χ4v) is 3.21. The number of rotatable bonds is 6. The third-order valence-electron chi connectivity index (χ3n) is 4.10. The van der Waals surface area contributed by atoms with Gasteiger partial charge < -0.3 is 10.6 Å². The number of carbonyl (C=O) groups is 1. The quantitative estimate of drug-likeness (QED) is 0.417. The molecule has 0 fully saturated rings. The first kappa shape index (κ1) is 19.5. The van der Waals surface area contributed by atoms with Crippen LogP contribution in [0.25, 0.3) is 11.3 Å². The molecule has 0 aliphatic heterocycles. The molecule has 0 aliphatic rings. The van der Waals surface area contributed by atoms with E-state index in [4.69, 9.17) is 0 Å².